The number of primary sulfonamides is 1. The van der Waals surface area contributed by atoms with Gasteiger partial charge in [0.15, 0.2) is 0 Å². The maximum Gasteiger partial charge on any atom is 0.227 e. The molecule has 1 aliphatic heterocycles. The smallest absolute Gasteiger partial charge is 0.227 e. The normalized spacial score (nSPS) is 19.7. The second-order valence-electron chi connectivity index (χ2n) is 4.62. The molecule has 1 aromatic rings. The van der Waals surface area contributed by atoms with Gasteiger partial charge in [-0.15, -0.1) is 0 Å². The van der Waals surface area contributed by atoms with Crippen LogP contribution in [-0.4, -0.2) is 26.6 Å². The van der Waals surface area contributed by atoms with Crippen LogP contribution in [0.5, 0.6) is 0 Å². The fourth-order valence-corrected chi connectivity index (χ4v) is 4.13. The average Bonchev–Trinajstić information content (AvgIpc) is 2.55. The van der Waals surface area contributed by atoms with Gasteiger partial charge < -0.3 is 4.90 Å². The molecule has 0 saturated carbocycles. The predicted octanol–water partition coefficient (Wildman–Crippen LogP) is 2.29. The second kappa shape index (κ2) is 5.69. The maximum atomic E-state index is 12.0. The number of hydrogen-bond donors (Lipinski definition) is 1. The third kappa shape index (κ3) is 3.56. The largest absolute Gasteiger partial charge is 0.309 e. The van der Waals surface area contributed by atoms with Crippen LogP contribution in [0.4, 0.5) is 5.69 Å². The summed E-state index contributed by atoms with van der Waals surface area (Å²) in [5.74, 6) is -0.872. The highest BCUT2D eigenvalue weighted by Crippen LogP contribution is 2.39. The highest BCUT2D eigenvalue weighted by molar-refractivity contribution is 7.89. The van der Waals surface area contributed by atoms with Gasteiger partial charge in [0, 0.05) is 23.9 Å². The molecule has 1 atom stereocenters. The Balaban J connectivity index is 2.29. The van der Waals surface area contributed by atoms with Crippen LogP contribution >= 0.6 is 34.8 Å². The van der Waals surface area contributed by atoms with E-state index in [4.69, 9.17) is 39.9 Å². The third-order valence-electron chi connectivity index (χ3n) is 2.92. The summed E-state index contributed by atoms with van der Waals surface area (Å²) in [6.07, 6.45) is 0.0890. The summed E-state index contributed by atoms with van der Waals surface area (Å²) in [6.45, 7) is 0.205. The molecule has 0 radical (unpaired) electrons. The molecule has 0 aromatic heterocycles. The number of nitrogens with two attached hydrogens (primary N) is 1. The van der Waals surface area contributed by atoms with Gasteiger partial charge in [-0.25, -0.2) is 13.6 Å². The minimum Gasteiger partial charge on any atom is -0.309 e. The van der Waals surface area contributed by atoms with E-state index >= 15 is 0 Å². The summed E-state index contributed by atoms with van der Waals surface area (Å²) < 4.78 is 22.2. The van der Waals surface area contributed by atoms with E-state index in [1.54, 1.807) is 0 Å². The van der Waals surface area contributed by atoms with Crippen LogP contribution in [0.2, 0.25) is 15.1 Å². The van der Waals surface area contributed by atoms with Gasteiger partial charge in [0.05, 0.1) is 21.5 Å². The zero-order valence-electron chi connectivity index (χ0n) is 10.1. The Morgan fingerprint density at radius 1 is 1.25 bits per heavy atom. The Morgan fingerprint density at radius 3 is 2.30 bits per heavy atom. The minimum atomic E-state index is -3.63. The fraction of sp³-hybridized carbons (Fsp3) is 0.364. The molecule has 1 heterocycles. The lowest BCUT2D eigenvalue weighted by Gasteiger charge is -2.19. The van der Waals surface area contributed by atoms with Crippen LogP contribution in [0.1, 0.15) is 6.42 Å². The summed E-state index contributed by atoms with van der Waals surface area (Å²) in [5.41, 5.74) is 0.347. The molecule has 0 aliphatic carbocycles. The molecule has 2 N–H and O–H groups in total. The lowest BCUT2D eigenvalue weighted by molar-refractivity contribution is -0.117. The minimum absolute atomic E-state index is 0.0890. The van der Waals surface area contributed by atoms with Crippen molar-refractivity contribution in [2.75, 3.05) is 17.2 Å². The Hall–Kier alpha value is -0.530. The summed E-state index contributed by atoms with van der Waals surface area (Å²) in [7, 11) is -3.63. The van der Waals surface area contributed by atoms with Gasteiger partial charge in [0.1, 0.15) is 0 Å². The number of benzene rings is 1. The Kier molecular flexibility index (Phi) is 4.51. The van der Waals surface area contributed by atoms with E-state index in [1.807, 2.05) is 0 Å². The van der Waals surface area contributed by atoms with Crippen molar-refractivity contribution in [2.24, 2.45) is 11.1 Å². The molecule has 1 unspecified atom stereocenters. The van der Waals surface area contributed by atoms with Gasteiger partial charge in [0.25, 0.3) is 0 Å². The molecule has 2 rings (SSSR count). The molecular weight excluding hydrogens is 347 g/mol. The van der Waals surface area contributed by atoms with Crippen molar-refractivity contribution in [1.29, 1.82) is 0 Å². The third-order valence-corrected chi connectivity index (χ3v) is 4.66. The van der Waals surface area contributed by atoms with E-state index < -0.39 is 10.0 Å². The van der Waals surface area contributed by atoms with Crippen LogP contribution in [0.3, 0.4) is 0 Å². The average molecular weight is 358 g/mol. The second-order valence-corrected chi connectivity index (χ2v) is 7.53. The molecule has 1 fully saturated rings. The van der Waals surface area contributed by atoms with Crippen molar-refractivity contribution >= 4 is 56.4 Å². The van der Waals surface area contributed by atoms with Gasteiger partial charge in [0.2, 0.25) is 15.9 Å². The molecule has 5 nitrogen and oxygen atoms in total. The number of sulfonamides is 1. The number of amides is 1. The van der Waals surface area contributed by atoms with Crippen molar-refractivity contribution in [3.05, 3.63) is 27.2 Å². The van der Waals surface area contributed by atoms with E-state index in [0.717, 1.165) is 0 Å². The van der Waals surface area contributed by atoms with Crippen LogP contribution < -0.4 is 10.0 Å². The first-order chi connectivity index (χ1) is 9.17. The first-order valence-electron chi connectivity index (χ1n) is 5.63. The van der Waals surface area contributed by atoms with Crippen LogP contribution in [-0.2, 0) is 14.8 Å². The van der Waals surface area contributed by atoms with Crippen molar-refractivity contribution < 1.29 is 13.2 Å². The first-order valence-corrected chi connectivity index (χ1v) is 8.47. The number of carbonyl (C=O) groups is 1. The topological polar surface area (TPSA) is 80.5 Å². The first kappa shape index (κ1) is 15.9. The van der Waals surface area contributed by atoms with Gasteiger partial charge in [-0.2, -0.15) is 0 Å². The number of nitrogens with zero attached hydrogens (tertiary/aromatic N) is 1. The summed E-state index contributed by atoms with van der Waals surface area (Å²) >= 11 is 17.9. The quantitative estimate of drug-likeness (QED) is 0.901. The number of anilines is 1. The number of hydrogen-bond acceptors (Lipinski definition) is 3. The summed E-state index contributed by atoms with van der Waals surface area (Å²) in [4.78, 5) is 13.4. The molecule has 0 spiro atoms. The molecule has 20 heavy (non-hydrogen) atoms. The van der Waals surface area contributed by atoms with Crippen molar-refractivity contribution in [2.45, 2.75) is 6.42 Å². The highest BCUT2D eigenvalue weighted by Gasteiger charge is 2.34. The number of halogens is 3. The lowest BCUT2D eigenvalue weighted by atomic mass is 10.1. The van der Waals surface area contributed by atoms with Crippen molar-refractivity contribution in [3.8, 4) is 0 Å². The van der Waals surface area contributed by atoms with Crippen molar-refractivity contribution in [3.63, 3.8) is 0 Å². The molecule has 0 bridgehead atoms. The Labute approximate surface area is 131 Å². The molecule has 1 saturated heterocycles. The van der Waals surface area contributed by atoms with Gasteiger partial charge in [-0.05, 0) is 12.1 Å². The SMILES string of the molecule is NS(=O)(=O)CC1CC(=O)N(c2c(Cl)cc(Cl)cc2Cl)C1. The number of carbonyl (C=O) groups excluding carboxylic acids is 1. The molecule has 1 aromatic carbocycles. The highest BCUT2D eigenvalue weighted by atomic mass is 35.5. The van der Waals surface area contributed by atoms with E-state index in [-0.39, 0.29) is 40.6 Å². The Bertz CT molecular complexity index is 640. The zero-order chi connectivity index (χ0) is 15.1. The number of rotatable bonds is 3. The Morgan fingerprint density at radius 2 is 1.80 bits per heavy atom. The lowest BCUT2D eigenvalue weighted by Crippen LogP contribution is -2.27. The summed E-state index contributed by atoms with van der Waals surface area (Å²) in [5, 5.41) is 5.84. The van der Waals surface area contributed by atoms with E-state index in [0.29, 0.717) is 10.7 Å². The molecular formula is C11H11Cl3N2O3S. The monoisotopic (exact) mass is 356 g/mol. The molecule has 9 heteroatoms. The van der Waals surface area contributed by atoms with Crippen LogP contribution in [0.15, 0.2) is 12.1 Å². The van der Waals surface area contributed by atoms with E-state index in [2.05, 4.69) is 0 Å². The van der Waals surface area contributed by atoms with E-state index in [1.165, 1.54) is 17.0 Å². The predicted molar refractivity (Wildman–Crippen MR) is 79.9 cm³/mol. The van der Waals surface area contributed by atoms with Crippen LogP contribution in [0, 0.1) is 5.92 Å². The van der Waals surface area contributed by atoms with E-state index in [9.17, 15) is 13.2 Å². The van der Waals surface area contributed by atoms with Crippen LogP contribution in [0.25, 0.3) is 0 Å². The molecule has 110 valence electrons. The van der Waals surface area contributed by atoms with Crippen molar-refractivity contribution in [1.82, 2.24) is 0 Å². The molecule has 1 amide bonds. The van der Waals surface area contributed by atoms with Gasteiger partial charge in [-0.3, -0.25) is 4.79 Å². The summed E-state index contributed by atoms with van der Waals surface area (Å²) in [6, 6.07) is 2.95. The standard InChI is InChI=1S/C11H11Cl3N2O3S/c12-7-2-8(13)11(9(14)3-7)16-4-6(1-10(16)17)5-20(15,18)19/h2-3,6H,1,4-5H2,(H2,15,18,19). The fourth-order valence-electron chi connectivity index (χ4n) is 2.23. The van der Waals surface area contributed by atoms with Gasteiger partial charge >= 0.3 is 0 Å². The molecule has 1 aliphatic rings. The van der Waals surface area contributed by atoms with Gasteiger partial charge in [-0.1, -0.05) is 34.8 Å². The zero-order valence-corrected chi connectivity index (χ0v) is 13.2. The maximum absolute atomic E-state index is 12.0.